The summed E-state index contributed by atoms with van der Waals surface area (Å²) in [7, 11) is 0. The highest BCUT2D eigenvalue weighted by atomic mass is 16.4. The summed E-state index contributed by atoms with van der Waals surface area (Å²) in [6, 6.07) is -0.295. The third-order valence-electron chi connectivity index (χ3n) is 1.96. The van der Waals surface area contributed by atoms with E-state index >= 15 is 0 Å². The molecule has 1 saturated heterocycles. The van der Waals surface area contributed by atoms with Crippen molar-refractivity contribution >= 4 is 5.97 Å². The third-order valence-corrected chi connectivity index (χ3v) is 1.96. The second-order valence-electron chi connectivity index (χ2n) is 2.98. The Bertz CT molecular complexity index is 128. The molecule has 0 unspecified atom stereocenters. The van der Waals surface area contributed by atoms with Crippen molar-refractivity contribution in [2.75, 3.05) is 6.54 Å². The summed E-state index contributed by atoms with van der Waals surface area (Å²) in [5.41, 5.74) is 0. The van der Waals surface area contributed by atoms with Gasteiger partial charge in [0.1, 0.15) is 6.04 Å². The highest BCUT2D eigenvalue weighted by molar-refractivity contribution is 5.73. The number of piperidine rings is 1. The molecule has 0 saturated carbocycles. The van der Waals surface area contributed by atoms with E-state index in [2.05, 4.69) is 12.2 Å². The number of carbonyl (C=O) groups is 1. The van der Waals surface area contributed by atoms with Crippen molar-refractivity contribution < 1.29 is 9.90 Å². The van der Waals surface area contributed by atoms with Gasteiger partial charge in [-0.15, -0.1) is 0 Å². The summed E-state index contributed by atoms with van der Waals surface area (Å²) in [6.07, 6.45) is 1.81. The van der Waals surface area contributed by atoms with Gasteiger partial charge in [-0.3, -0.25) is 4.79 Å². The maximum atomic E-state index is 10.4. The predicted molar refractivity (Wildman–Crippen MR) is 37.8 cm³/mol. The SMILES string of the molecule is C[C@H]1CC[C@@H](C(=O)O)NC1. The maximum absolute atomic E-state index is 10.4. The molecule has 3 nitrogen and oxygen atoms in total. The highest BCUT2D eigenvalue weighted by Gasteiger charge is 2.22. The van der Waals surface area contributed by atoms with E-state index in [0.717, 1.165) is 19.4 Å². The van der Waals surface area contributed by atoms with Crippen LogP contribution in [0.25, 0.3) is 0 Å². The fourth-order valence-corrected chi connectivity index (χ4v) is 1.21. The summed E-state index contributed by atoms with van der Waals surface area (Å²) in [4.78, 5) is 10.4. The first-order valence-corrected chi connectivity index (χ1v) is 3.66. The molecule has 3 heteroatoms. The first-order valence-electron chi connectivity index (χ1n) is 3.66. The lowest BCUT2D eigenvalue weighted by Crippen LogP contribution is -2.43. The number of hydrogen-bond acceptors (Lipinski definition) is 2. The van der Waals surface area contributed by atoms with Crippen molar-refractivity contribution in [3.63, 3.8) is 0 Å². The number of aliphatic carboxylic acids is 1. The molecule has 1 rings (SSSR count). The maximum Gasteiger partial charge on any atom is 0.320 e. The van der Waals surface area contributed by atoms with Crippen LogP contribution in [0.1, 0.15) is 19.8 Å². The van der Waals surface area contributed by atoms with E-state index in [1.807, 2.05) is 0 Å². The van der Waals surface area contributed by atoms with Gasteiger partial charge in [0.2, 0.25) is 0 Å². The van der Waals surface area contributed by atoms with Crippen molar-refractivity contribution in [1.29, 1.82) is 0 Å². The molecule has 1 heterocycles. The molecule has 10 heavy (non-hydrogen) atoms. The van der Waals surface area contributed by atoms with Crippen LogP contribution in [0.3, 0.4) is 0 Å². The first-order chi connectivity index (χ1) is 4.70. The smallest absolute Gasteiger partial charge is 0.320 e. The molecule has 0 aromatic heterocycles. The molecule has 0 bridgehead atoms. The monoisotopic (exact) mass is 143 g/mol. The summed E-state index contributed by atoms with van der Waals surface area (Å²) < 4.78 is 0. The standard InChI is InChI=1S/C7H13NO2/c1-5-2-3-6(7(9)10)8-4-5/h5-6,8H,2-4H2,1H3,(H,9,10)/t5-,6-/m0/s1. The lowest BCUT2D eigenvalue weighted by Gasteiger charge is -2.24. The van der Waals surface area contributed by atoms with Crippen LogP contribution in [0.4, 0.5) is 0 Å². The summed E-state index contributed by atoms with van der Waals surface area (Å²) in [5, 5.41) is 11.5. The normalized spacial score (nSPS) is 33.7. The minimum absolute atomic E-state index is 0.295. The predicted octanol–water partition coefficient (Wildman–Crippen LogP) is 0.459. The van der Waals surface area contributed by atoms with E-state index in [9.17, 15) is 4.79 Å². The fraction of sp³-hybridized carbons (Fsp3) is 0.857. The number of hydrogen-bond donors (Lipinski definition) is 2. The zero-order chi connectivity index (χ0) is 7.56. The molecule has 0 aliphatic carbocycles. The van der Waals surface area contributed by atoms with Crippen molar-refractivity contribution in [1.82, 2.24) is 5.32 Å². The van der Waals surface area contributed by atoms with Crippen molar-refractivity contribution in [2.45, 2.75) is 25.8 Å². The van der Waals surface area contributed by atoms with Crippen LogP contribution in [0, 0.1) is 5.92 Å². The molecular formula is C7H13NO2. The van der Waals surface area contributed by atoms with E-state index in [4.69, 9.17) is 5.11 Å². The second-order valence-corrected chi connectivity index (χ2v) is 2.98. The van der Waals surface area contributed by atoms with E-state index in [0.29, 0.717) is 5.92 Å². The molecule has 58 valence electrons. The van der Waals surface area contributed by atoms with Gasteiger partial charge in [-0.1, -0.05) is 6.92 Å². The van der Waals surface area contributed by atoms with Crippen LogP contribution >= 0.6 is 0 Å². The van der Waals surface area contributed by atoms with Crippen LogP contribution in [-0.4, -0.2) is 23.7 Å². The van der Waals surface area contributed by atoms with Crippen LogP contribution in [0.15, 0.2) is 0 Å². The molecule has 0 amide bonds. The largest absolute Gasteiger partial charge is 0.480 e. The third kappa shape index (κ3) is 1.70. The fourth-order valence-electron chi connectivity index (χ4n) is 1.21. The van der Waals surface area contributed by atoms with Gasteiger partial charge in [-0.25, -0.2) is 0 Å². The van der Waals surface area contributed by atoms with E-state index < -0.39 is 5.97 Å². The molecule has 0 aromatic rings. The zero-order valence-corrected chi connectivity index (χ0v) is 6.13. The summed E-state index contributed by atoms with van der Waals surface area (Å²) >= 11 is 0. The zero-order valence-electron chi connectivity index (χ0n) is 6.13. The van der Waals surface area contributed by atoms with Crippen molar-refractivity contribution in [2.24, 2.45) is 5.92 Å². The number of carboxylic acids is 1. The Hall–Kier alpha value is -0.570. The molecule has 1 fully saturated rings. The van der Waals surface area contributed by atoms with Gasteiger partial charge in [-0.05, 0) is 25.3 Å². The quantitative estimate of drug-likeness (QED) is 0.560. The topological polar surface area (TPSA) is 49.3 Å². The van der Waals surface area contributed by atoms with E-state index in [-0.39, 0.29) is 6.04 Å². The van der Waals surface area contributed by atoms with Gasteiger partial charge in [0.05, 0.1) is 0 Å². The minimum Gasteiger partial charge on any atom is -0.480 e. The Morgan fingerprint density at radius 3 is 2.70 bits per heavy atom. The Morgan fingerprint density at radius 2 is 2.30 bits per heavy atom. The van der Waals surface area contributed by atoms with Crippen LogP contribution in [-0.2, 0) is 4.79 Å². The average molecular weight is 143 g/mol. The molecule has 0 aromatic carbocycles. The Kier molecular flexibility index (Phi) is 2.27. The number of nitrogens with one attached hydrogen (secondary N) is 1. The molecule has 0 spiro atoms. The molecule has 2 atom stereocenters. The second kappa shape index (κ2) is 3.01. The molecule has 0 radical (unpaired) electrons. The Balaban J connectivity index is 2.33. The van der Waals surface area contributed by atoms with Crippen molar-refractivity contribution in [3.8, 4) is 0 Å². The molecule has 2 N–H and O–H groups in total. The van der Waals surface area contributed by atoms with Crippen LogP contribution in [0.5, 0.6) is 0 Å². The van der Waals surface area contributed by atoms with Gasteiger partial charge in [0.15, 0.2) is 0 Å². The van der Waals surface area contributed by atoms with Gasteiger partial charge in [0.25, 0.3) is 0 Å². The van der Waals surface area contributed by atoms with Crippen molar-refractivity contribution in [3.05, 3.63) is 0 Å². The van der Waals surface area contributed by atoms with Crippen LogP contribution < -0.4 is 5.32 Å². The lowest BCUT2D eigenvalue weighted by molar-refractivity contribution is -0.140. The van der Waals surface area contributed by atoms with Crippen LogP contribution in [0.2, 0.25) is 0 Å². The van der Waals surface area contributed by atoms with E-state index in [1.54, 1.807) is 0 Å². The summed E-state index contributed by atoms with van der Waals surface area (Å²) in [5.74, 6) is -0.0810. The van der Waals surface area contributed by atoms with Gasteiger partial charge in [0, 0.05) is 0 Å². The van der Waals surface area contributed by atoms with Gasteiger partial charge >= 0.3 is 5.97 Å². The number of carboxylic acid groups (broad SMARTS) is 1. The molecule has 1 aliphatic rings. The Labute approximate surface area is 60.4 Å². The minimum atomic E-state index is -0.716. The first kappa shape index (κ1) is 7.54. The lowest BCUT2D eigenvalue weighted by atomic mass is 9.97. The highest BCUT2D eigenvalue weighted by Crippen LogP contribution is 2.12. The van der Waals surface area contributed by atoms with Gasteiger partial charge < -0.3 is 10.4 Å². The Morgan fingerprint density at radius 1 is 1.60 bits per heavy atom. The molecular weight excluding hydrogens is 130 g/mol. The van der Waals surface area contributed by atoms with Gasteiger partial charge in [-0.2, -0.15) is 0 Å². The molecule has 1 aliphatic heterocycles. The number of rotatable bonds is 1. The van der Waals surface area contributed by atoms with E-state index in [1.165, 1.54) is 0 Å². The summed E-state index contributed by atoms with van der Waals surface area (Å²) in [6.45, 7) is 2.97. The average Bonchev–Trinajstić information content (AvgIpc) is 1.88.